The fourth-order valence-electron chi connectivity index (χ4n) is 3.92. The highest BCUT2D eigenvalue weighted by Gasteiger charge is 2.32. The Kier molecular flexibility index (Phi) is 8.69. The van der Waals surface area contributed by atoms with E-state index < -0.39 is 11.6 Å². The molecule has 0 saturated heterocycles. The fourth-order valence-corrected chi connectivity index (χ4v) is 3.92. The summed E-state index contributed by atoms with van der Waals surface area (Å²) >= 11 is 0. The van der Waals surface area contributed by atoms with Gasteiger partial charge in [0.1, 0.15) is 11.8 Å². The average Bonchev–Trinajstić information content (AvgIpc) is 2.82. The molecule has 1 unspecified atom stereocenters. The Bertz CT molecular complexity index is 1100. The van der Waals surface area contributed by atoms with Gasteiger partial charge in [-0.15, -0.1) is 0 Å². The largest absolute Gasteiger partial charge is 0.497 e. The van der Waals surface area contributed by atoms with Gasteiger partial charge in [0.05, 0.1) is 13.5 Å². The Morgan fingerprint density at radius 1 is 0.857 bits per heavy atom. The molecule has 0 aliphatic heterocycles. The van der Waals surface area contributed by atoms with E-state index in [0.717, 1.165) is 28.0 Å². The highest BCUT2D eigenvalue weighted by Crippen LogP contribution is 2.19. The number of ether oxygens (including phenoxy) is 1. The SMILES string of the molecule is COc1ccc(CC(=O)N(Cc2ccc(C)cc2)C(Cc2ccccc2)C(=O)NC(C)(C)C)cc1. The van der Waals surface area contributed by atoms with Gasteiger partial charge in [-0.1, -0.05) is 72.3 Å². The number of benzene rings is 3. The molecule has 0 spiro atoms. The van der Waals surface area contributed by atoms with Gasteiger partial charge >= 0.3 is 0 Å². The minimum absolute atomic E-state index is 0.0965. The van der Waals surface area contributed by atoms with E-state index in [2.05, 4.69) is 5.32 Å². The first-order chi connectivity index (χ1) is 16.6. The predicted octanol–water partition coefficient (Wildman–Crippen LogP) is 5.10. The molecular weight excluding hydrogens is 436 g/mol. The smallest absolute Gasteiger partial charge is 0.243 e. The first kappa shape index (κ1) is 26.0. The maximum absolute atomic E-state index is 13.8. The molecule has 184 valence electrons. The van der Waals surface area contributed by atoms with E-state index in [4.69, 9.17) is 4.74 Å². The third kappa shape index (κ3) is 7.99. The van der Waals surface area contributed by atoms with Crippen LogP contribution < -0.4 is 10.1 Å². The van der Waals surface area contributed by atoms with E-state index in [0.29, 0.717) is 13.0 Å². The van der Waals surface area contributed by atoms with E-state index in [1.165, 1.54) is 0 Å². The number of carbonyl (C=O) groups is 2. The number of rotatable bonds is 9. The van der Waals surface area contributed by atoms with Crippen molar-refractivity contribution in [3.05, 3.63) is 101 Å². The lowest BCUT2D eigenvalue weighted by atomic mass is 9.99. The molecule has 1 N–H and O–H groups in total. The van der Waals surface area contributed by atoms with Crippen LogP contribution in [-0.2, 0) is 29.0 Å². The quantitative estimate of drug-likeness (QED) is 0.471. The Labute approximate surface area is 209 Å². The number of amides is 2. The van der Waals surface area contributed by atoms with Crippen LogP contribution in [0.5, 0.6) is 5.75 Å². The van der Waals surface area contributed by atoms with Gasteiger partial charge < -0.3 is 15.0 Å². The maximum atomic E-state index is 13.8. The molecule has 0 radical (unpaired) electrons. The van der Waals surface area contributed by atoms with Crippen LogP contribution in [-0.4, -0.2) is 35.4 Å². The van der Waals surface area contributed by atoms with Gasteiger partial charge in [0, 0.05) is 18.5 Å². The lowest BCUT2D eigenvalue weighted by molar-refractivity contribution is -0.141. The van der Waals surface area contributed by atoms with Gasteiger partial charge in [0.25, 0.3) is 0 Å². The number of methoxy groups -OCH3 is 1. The van der Waals surface area contributed by atoms with Crippen molar-refractivity contribution >= 4 is 11.8 Å². The monoisotopic (exact) mass is 472 g/mol. The molecule has 0 bridgehead atoms. The number of aryl methyl sites for hydroxylation is 1. The highest BCUT2D eigenvalue weighted by atomic mass is 16.5. The third-order valence-corrected chi connectivity index (χ3v) is 5.76. The molecule has 0 saturated carbocycles. The van der Waals surface area contributed by atoms with Crippen molar-refractivity contribution in [3.63, 3.8) is 0 Å². The van der Waals surface area contributed by atoms with Crippen molar-refractivity contribution in [2.45, 2.75) is 58.7 Å². The molecule has 0 aromatic heterocycles. The van der Waals surface area contributed by atoms with Crippen molar-refractivity contribution < 1.29 is 14.3 Å². The molecule has 35 heavy (non-hydrogen) atoms. The summed E-state index contributed by atoms with van der Waals surface area (Å²) < 4.78 is 5.24. The van der Waals surface area contributed by atoms with Gasteiger partial charge in [0.15, 0.2) is 0 Å². The van der Waals surface area contributed by atoms with Crippen molar-refractivity contribution in [1.82, 2.24) is 10.2 Å². The first-order valence-electron chi connectivity index (χ1n) is 12.0. The molecule has 5 heteroatoms. The summed E-state index contributed by atoms with van der Waals surface area (Å²) in [7, 11) is 1.62. The zero-order chi connectivity index (χ0) is 25.4. The van der Waals surface area contributed by atoms with Crippen LogP contribution in [0.2, 0.25) is 0 Å². The molecule has 0 heterocycles. The Hall–Kier alpha value is -3.60. The third-order valence-electron chi connectivity index (χ3n) is 5.76. The van der Waals surface area contributed by atoms with Crippen molar-refractivity contribution in [2.24, 2.45) is 0 Å². The number of carbonyl (C=O) groups excluding carboxylic acids is 2. The van der Waals surface area contributed by atoms with Gasteiger partial charge in [-0.25, -0.2) is 0 Å². The summed E-state index contributed by atoms with van der Waals surface area (Å²) in [5.74, 6) is 0.487. The standard InChI is InChI=1S/C30H36N2O3/c1-22-11-13-25(14-12-22)21-32(28(33)20-24-15-17-26(35-5)18-16-24)27(29(34)31-30(2,3)4)19-23-9-7-6-8-10-23/h6-18,27H,19-21H2,1-5H3,(H,31,34). The van der Waals surface area contributed by atoms with E-state index in [1.54, 1.807) is 12.0 Å². The van der Waals surface area contributed by atoms with Crippen molar-refractivity contribution in [1.29, 1.82) is 0 Å². The van der Waals surface area contributed by atoms with Gasteiger partial charge in [-0.05, 0) is 56.5 Å². The molecule has 0 fully saturated rings. The normalized spacial score (nSPS) is 12.0. The minimum Gasteiger partial charge on any atom is -0.497 e. The number of nitrogens with one attached hydrogen (secondary N) is 1. The van der Waals surface area contributed by atoms with Crippen LogP contribution in [0.1, 0.15) is 43.0 Å². The Morgan fingerprint density at radius 2 is 1.46 bits per heavy atom. The summed E-state index contributed by atoms with van der Waals surface area (Å²) in [5.41, 5.74) is 3.60. The van der Waals surface area contributed by atoms with E-state index in [9.17, 15) is 9.59 Å². The molecule has 0 aliphatic rings. The van der Waals surface area contributed by atoms with E-state index in [-0.39, 0.29) is 18.2 Å². The van der Waals surface area contributed by atoms with Crippen LogP contribution in [0, 0.1) is 6.92 Å². The number of nitrogens with zero attached hydrogens (tertiary/aromatic N) is 1. The van der Waals surface area contributed by atoms with Crippen LogP contribution in [0.4, 0.5) is 0 Å². The lowest BCUT2D eigenvalue weighted by Gasteiger charge is -2.34. The zero-order valence-electron chi connectivity index (χ0n) is 21.4. The molecule has 3 aromatic rings. The summed E-state index contributed by atoms with van der Waals surface area (Å²) in [4.78, 5) is 29.0. The second-order valence-corrected chi connectivity index (χ2v) is 9.98. The summed E-state index contributed by atoms with van der Waals surface area (Å²) in [6.07, 6.45) is 0.632. The summed E-state index contributed by atoms with van der Waals surface area (Å²) in [5, 5.41) is 3.10. The molecule has 3 aromatic carbocycles. The topological polar surface area (TPSA) is 58.6 Å². The summed E-state index contributed by atoms with van der Waals surface area (Å²) in [6.45, 7) is 8.24. The van der Waals surface area contributed by atoms with E-state index in [1.807, 2.05) is 107 Å². The number of hydrogen-bond donors (Lipinski definition) is 1. The molecule has 0 aliphatic carbocycles. The van der Waals surface area contributed by atoms with Gasteiger partial charge in [-0.3, -0.25) is 9.59 Å². The van der Waals surface area contributed by atoms with Crippen molar-refractivity contribution in [2.75, 3.05) is 7.11 Å². The summed E-state index contributed by atoms with van der Waals surface area (Å²) in [6, 6.07) is 24.8. The maximum Gasteiger partial charge on any atom is 0.243 e. The van der Waals surface area contributed by atoms with Crippen LogP contribution >= 0.6 is 0 Å². The zero-order valence-corrected chi connectivity index (χ0v) is 21.4. The molecule has 1 atom stereocenters. The molecule has 2 amide bonds. The van der Waals surface area contributed by atoms with Crippen LogP contribution in [0.25, 0.3) is 0 Å². The second kappa shape index (κ2) is 11.7. The van der Waals surface area contributed by atoms with Crippen LogP contribution in [0.3, 0.4) is 0 Å². The fraction of sp³-hybridized carbons (Fsp3) is 0.333. The molecule has 3 rings (SSSR count). The predicted molar refractivity (Wildman–Crippen MR) is 140 cm³/mol. The minimum atomic E-state index is -0.649. The Balaban J connectivity index is 1.96. The van der Waals surface area contributed by atoms with Crippen LogP contribution in [0.15, 0.2) is 78.9 Å². The van der Waals surface area contributed by atoms with Gasteiger partial charge in [0.2, 0.25) is 11.8 Å². The Morgan fingerprint density at radius 3 is 2.03 bits per heavy atom. The van der Waals surface area contributed by atoms with Crippen molar-refractivity contribution in [3.8, 4) is 5.75 Å². The highest BCUT2D eigenvalue weighted by molar-refractivity contribution is 5.89. The average molecular weight is 473 g/mol. The molecule has 5 nitrogen and oxygen atoms in total. The first-order valence-corrected chi connectivity index (χ1v) is 12.0. The lowest BCUT2D eigenvalue weighted by Crippen LogP contribution is -2.54. The number of hydrogen-bond acceptors (Lipinski definition) is 3. The molecular formula is C30H36N2O3. The van der Waals surface area contributed by atoms with E-state index >= 15 is 0 Å². The van der Waals surface area contributed by atoms with Gasteiger partial charge in [-0.2, -0.15) is 0 Å². The second-order valence-electron chi connectivity index (χ2n) is 9.98.